The summed E-state index contributed by atoms with van der Waals surface area (Å²) in [6, 6.07) is 13.2. The number of hydrogen-bond donors (Lipinski definition) is 1. The topological polar surface area (TPSA) is 83.9 Å². The molecule has 0 saturated heterocycles. The maximum Gasteiger partial charge on any atom is 0.322 e. The second-order valence-corrected chi connectivity index (χ2v) is 11.7. The van der Waals surface area contributed by atoms with Crippen molar-refractivity contribution in [3.8, 4) is 5.75 Å². The number of nitrogens with zero attached hydrogens (tertiary/aromatic N) is 1. The zero-order chi connectivity index (χ0) is 24.5. The summed E-state index contributed by atoms with van der Waals surface area (Å²) in [6.07, 6.45) is 1.70. The molecule has 0 spiro atoms. The first-order valence-corrected chi connectivity index (χ1v) is 13.5. The fraction of sp³-hybridized carbons (Fsp3) is 0.346. The summed E-state index contributed by atoms with van der Waals surface area (Å²) in [4.78, 5) is 13.8. The molecule has 0 fully saturated rings. The van der Waals surface area contributed by atoms with Crippen LogP contribution in [0.2, 0.25) is 0 Å². The molecule has 180 valence electrons. The van der Waals surface area contributed by atoms with Gasteiger partial charge < -0.3 is 9.84 Å². The van der Waals surface area contributed by atoms with E-state index in [1.165, 1.54) is 23.5 Å². The number of methoxy groups -OCH3 is 1. The van der Waals surface area contributed by atoms with E-state index in [1.54, 1.807) is 23.5 Å². The van der Waals surface area contributed by atoms with E-state index in [-0.39, 0.29) is 11.4 Å². The van der Waals surface area contributed by atoms with Gasteiger partial charge in [0.05, 0.1) is 12.0 Å². The molecule has 1 aliphatic heterocycles. The Bertz CT molecular complexity index is 1260. The Balaban J connectivity index is 1.72. The minimum atomic E-state index is -4.03. The molecule has 1 aliphatic rings. The number of carboxylic acids is 1. The Hall–Kier alpha value is -2.68. The Kier molecular flexibility index (Phi) is 7.12. The Morgan fingerprint density at radius 2 is 1.79 bits per heavy atom. The van der Waals surface area contributed by atoms with E-state index in [2.05, 4.69) is 18.2 Å². The first-order chi connectivity index (χ1) is 16.2. The summed E-state index contributed by atoms with van der Waals surface area (Å²) in [6.45, 7) is 4.21. The van der Waals surface area contributed by atoms with Crippen LogP contribution in [0.5, 0.6) is 5.75 Å². The molecule has 8 heteroatoms. The largest absolute Gasteiger partial charge is 0.497 e. The molecule has 2 aromatic carbocycles. The van der Waals surface area contributed by atoms with Gasteiger partial charge in [-0.3, -0.25) is 4.79 Å². The molecule has 1 N–H and O–H groups in total. The Morgan fingerprint density at radius 1 is 1.12 bits per heavy atom. The van der Waals surface area contributed by atoms with Crippen LogP contribution in [0.4, 0.5) is 0 Å². The number of aryl methyl sites for hydroxylation is 3. The third-order valence-corrected chi connectivity index (χ3v) is 9.27. The van der Waals surface area contributed by atoms with Crippen molar-refractivity contribution >= 4 is 27.3 Å². The lowest BCUT2D eigenvalue weighted by atomic mass is 9.86. The van der Waals surface area contributed by atoms with Crippen molar-refractivity contribution < 1.29 is 23.1 Å². The van der Waals surface area contributed by atoms with E-state index in [0.717, 1.165) is 27.1 Å². The van der Waals surface area contributed by atoms with Crippen LogP contribution in [0.3, 0.4) is 0 Å². The first kappa shape index (κ1) is 24.4. The number of carboxylic acid groups (broad SMARTS) is 1. The van der Waals surface area contributed by atoms with Gasteiger partial charge >= 0.3 is 5.97 Å². The molecule has 2 atom stereocenters. The molecule has 2 unspecified atom stereocenters. The molecular weight excluding hydrogens is 470 g/mol. The fourth-order valence-electron chi connectivity index (χ4n) is 4.90. The predicted molar refractivity (Wildman–Crippen MR) is 133 cm³/mol. The lowest BCUT2D eigenvalue weighted by Gasteiger charge is -2.31. The number of rotatable bonds is 7. The van der Waals surface area contributed by atoms with E-state index in [4.69, 9.17) is 4.74 Å². The highest BCUT2D eigenvalue weighted by atomic mass is 32.2. The fourth-order valence-corrected chi connectivity index (χ4v) is 7.46. The van der Waals surface area contributed by atoms with Gasteiger partial charge in [0.25, 0.3) is 0 Å². The molecule has 0 bridgehead atoms. The van der Waals surface area contributed by atoms with Gasteiger partial charge in [-0.05, 0) is 79.9 Å². The lowest BCUT2D eigenvalue weighted by Crippen LogP contribution is -2.48. The van der Waals surface area contributed by atoms with Crippen LogP contribution in [0.25, 0.3) is 0 Å². The third kappa shape index (κ3) is 4.89. The SMILES string of the molecule is COc1ccc(S(=O)(=O)N2CCc3sccc3C(CCc3cc(C)cc(C)c3)C2C(=O)O)cc1. The van der Waals surface area contributed by atoms with Gasteiger partial charge in [0, 0.05) is 17.3 Å². The summed E-state index contributed by atoms with van der Waals surface area (Å²) in [7, 11) is -2.52. The second kappa shape index (κ2) is 9.90. The van der Waals surface area contributed by atoms with Crippen molar-refractivity contribution in [1.82, 2.24) is 4.31 Å². The lowest BCUT2D eigenvalue weighted by molar-refractivity contribution is -0.142. The van der Waals surface area contributed by atoms with Crippen LogP contribution in [0.15, 0.2) is 58.8 Å². The van der Waals surface area contributed by atoms with Gasteiger partial charge in [0.15, 0.2) is 0 Å². The standard InChI is InChI=1S/C26H29NO5S2/c1-17-14-18(2)16-19(15-17)4-9-23-22-11-13-33-24(22)10-12-27(25(23)26(28)29)34(30,31)21-7-5-20(32-3)6-8-21/h5-8,11,13-16,23,25H,4,9-10,12H2,1-3H3,(H,28,29). The third-order valence-electron chi connectivity index (χ3n) is 6.37. The highest BCUT2D eigenvalue weighted by Crippen LogP contribution is 2.39. The number of carbonyl (C=O) groups is 1. The molecule has 0 aliphatic carbocycles. The normalized spacial score (nSPS) is 18.8. The highest BCUT2D eigenvalue weighted by molar-refractivity contribution is 7.89. The Labute approximate surface area is 204 Å². The molecule has 0 saturated carbocycles. The van der Waals surface area contributed by atoms with E-state index in [9.17, 15) is 18.3 Å². The summed E-state index contributed by atoms with van der Waals surface area (Å²) in [5.74, 6) is -1.03. The molecule has 6 nitrogen and oxygen atoms in total. The van der Waals surface area contributed by atoms with Crippen molar-refractivity contribution in [2.45, 2.75) is 50.0 Å². The van der Waals surface area contributed by atoms with Crippen molar-refractivity contribution in [1.29, 1.82) is 0 Å². The van der Waals surface area contributed by atoms with Crippen LogP contribution >= 0.6 is 11.3 Å². The molecule has 2 heterocycles. The van der Waals surface area contributed by atoms with Crippen LogP contribution in [0, 0.1) is 13.8 Å². The molecule has 3 aromatic rings. The summed E-state index contributed by atoms with van der Waals surface area (Å²) in [5.41, 5.74) is 4.40. The number of hydrogen-bond acceptors (Lipinski definition) is 5. The predicted octanol–water partition coefficient (Wildman–Crippen LogP) is 4.79. The van der Waals surface area contributed by atoms with Crippen LogP contribution in [0.1, 0.15) is 39.5 Å². The maximum absolute atomic E-state index is 13.7. The minimum absolute atomic E-state index is 0.0675. The summed E-state index contributed by atoms with van der Waals surface area (Å²) in [5, 5.41) is 12.3. The van der Waals surface area contributed by atoms with Gasteiger partial charge in [-0.15, -0.1) is 11.3 Å². The quantitative estimate of drug-likeness (QED) is 0.505. The number of ether oxygens (including phenoxy) is 1. The molecule has 0 amide bonds. The molecule has 1 aromatic heterocycles. The van der Waals surface area contributed by atoms with Crippen molar-refractivity contribution in [3.05, 3.63) is 81.0 Å². The average molecular weight is 500 g/mol. The number of aliphatic carboxylic acids is 1. The van der Waals surface area contributed by atoms with Crippen molar-refractivity contribution in [3.63, 3.8) is 0 Å². The summed E-state index contributed by atoms with van der Waals surface area (Å²) < 4.78 is 33.7. The van der Waals surface area contributed by atoms with Crippen LogP contribution in [-0.4, -0.2) is 43.5 Å². The minimum Gasteiger partial charge on any atom is -0.497 e. The van der Waals surface area contributed by atoms with E-state index < -0.39 is 28.0 Å². The molecule has 4 rings (SSSR count). The van der Waals surface area contributed by atoms with E-state index in [1.807, 2.05) is 25.3 Å². The van der Waals surface area contributed by atoms with Gasteiger partial charge in [-0.1, -0.05) is 29.3 Å². The average Bonchev–Trinajstić information content (AvgIpc) is 3.19. The van der Waals surface area contributed by atoms with Crippen molar-refractivity contribution in [2.24, 2.45) is 0 Å². The van der Waals surface area contributed by atoms with Crippen molar-refractivity contribution in [2.75, 3.05) is 13.7 Å². The number of fused-ring (bicyclic) bond motifs is 1. The zero-order valence-corrected chi connectivity index (χ0v) is 21.2. The number of sulfonamides is 1. The number of benzene rings is 2. The van der Waals surface area contributed by atoms with E-state index >= 15 is 0 Å². The molecular formula is C26H29NO5S2. The second-order valence-electron chi connectivity index (χ2n) is 8.76. The molecule has 34 heavy (non-hydrogen) atoms. The zero-order valence-electron chi connectivity index (χ0n) is 19.5. The Morgan fingerprint density at radius 3 is 2.41 bits per heavy atom. The highest BCUT2D eigenvalue weighted by Gasteiger charge is 2.44. The monoisotopic (exact) mass is 499 g/mol. The van der Waals surface area contributed by atoms with Gasteiger partial charge in [-0.2, -0.15) is 4.31 Å². The van der Waals surface area contributed by atoms with Gasteiger partial charge in [0.2, 0.25) is 10.0 Å². The maximum atomic E-state index is 13.7. The first-order valence-electron chi connectivity index (χ1n) is 11.2. The molecule has 0 radical (unpaired) electrons. The van der Waals surface area contributed by atoms with Gasteiger partial charge in [0.1, 0.15) is 11.8 Å². The van der Waals surface area contributed by atoms with E-state index in [0.29, 0.717) is 25.0 Å². The number of thiophene rings is 1. The van der Waals surface area contributed by atoms with Gasteiger partial charge in [-0.25, -0.2) is 8.42 Å². The summed E-state index contributed by atoms with van der Waals surface area (Å²) >= 11 is 1.57. The smallest absolute Gasteiger partial charge is 0.322 e. The van der Waals surface area contributed by atoms with Crippen LogP contribution in [-0.2, 0) is 27.7 Å². The van der Waals surface area contributed by atoms with Crippen LogP contribution < -0.4 is 4.74 Å².